The highest BCUT2D eigenvalue weighted by Gasteiger charge is 2.27. The highest BCUT2D eigenvalue weighted by Crippen LogP contribution is 2.31. The third-order valence-electron chi connectivity index (χ3n) is 4.13. The van der Waals surface area contributed by atoms with Crippen LogP contribution in [-0.2, 0) is 5.54 Å². The van der Waals surface area contributed by atoms with Gasteiger partial charge in [-0.2, -0.15) is 0 Å². The van der Waals surface area contributed by atoms with Gasteiger partial charge in [-0.3, -0.25) is 9.59 Å². The van der Waals surface area contributed by atoms with Gasteiger partial charge in [0.25, 0.3) is 11.5 Å². The molecule has 0 unspecified atom stereocenters. The maximum Gasteiger partial charge on any atom is 0.268 e. The molecule has 0 aliphatic rings. The maximum absolute atomic E-state index is 13.1. The molecule has 140 valence electrons. The first kappa shape index (κ1) is 19.3. The van der Waals surface area contributed by atoms with Gasteiger partial charge in [0.1, 0.15) is 11.3 Å². The number of rotatable bonds is 2. The summed E-state index contributed by atoms with van der Waals surface area (Å²) in [7, 11) is 0. The Hall–Kier alpha value is -2.50. The van der Waals surface area contributed by atoms with Crippen LogP contribution in [0.15, 0.2) is 47.3 Å². The molecule has 3 aromatic rings. The summed E-state index contributed by atoms with van der Waals surface area (Å²) in [6.45, 7) is 5.57. The van der Waals surface area contributed by atoms with E-state index in [1.807, 2.05) is 20.8 Å². The molecule has 0 atom stereocenters. The lowest BCUT2D eigenvalue weighted by Crippen LogP contribution is -2.38. The highest BCUT2D eigenvalue weighted by atomic mass is 35.5. The number of fused-ring (bicyclic) bond motifs is 1. The lowest BCUT2D eigenvalue weighted by Gasteiger charge is -2.26. The van der Waals surface area contributed by atoms with Crippen molar-refractivity contribution < 1.29 is 9.90 Å². The third-order valence-corrected chi connectivity index (χ3v) is 4.68. The van der Waals surface area contributed by atoms with Crippen LogP contribution in [0.5, 0.6) is 5.75 Å². The number of pyridine rings is 1. The van der Waals surface area contributed by atoms with Crippen molar-refractivity contribution in [3.05, 3.63) is 68.4 Å². The van der Waals surface area contributed by atoms with Gasteiger partial charge < -0.3 is 15.0 Å². The average molecular weight is 405 g/mol. The van der Waals surface area contributed by atoms with Gasteiger partial charge in [-0.1, -0.05) is 35.3 Å². The SMILES string of the molecule is CC(C)(C)n1c(=O)c(C(=O)Nc2ccc(Cl)cc2Cl)c(O)c2ccccc21. The lowest BCUT2D eigenvalue weighted by atomic mass is 10.0. The summed E-state index contributed by atoms with van der Waals surface area (Å²) in [5.41, 5.74) is -0.679. The Morgan fingerprint density at radius 3 is 2.41 bits per heavy atom. The standard InChI is InChI=1S/C20H18Cl2N2O3/c1-20(2,3)24-15-7-5-4-6-12(15)17(25)16(19(24)27)18(26)23-14-9-8-11(21)10-13(14)22/h4-10,25H,1-3H3,(H,23,26). The number of halogens is 2. The van der Waals surface area contributed by atoms with Gasteiger partial charge in [0.2, 0.25) is 0 Å². The zero-order valence-corrected chi connectivity index (χ0v) is 16.5. The molecular formula is C20H18Cl2N2O3. The molecular weight excluding hydrogens is 387 g/mol. The normalized spacial score (nSPS) is 11.6. The van der Waals surface area contributed by atoms with E-state index in [1.165, 1.54) is 16.7 Å². The monoisotopic (exact) mass is 404 g/mol. The Labute approximate surface area is 166 Å². The Morgan fingerprint density at radius 2 is 1.78 bits per heavy atom. The number of anilines is 1. The van der Waals surface area contributed by atoms with E-state index in [2.05, 4.69) is 5.32 Å². The number of nitrogens with zero attached hydrogens (tertiary/aromatic N) is 1. The highest BCUT2D eigenvalue weighted by molar-refractivity contribution is 6.36. The first-order chi connectivity index (χ1) is 12.6. The fourth-order valence-corrected chi connectivity index (χ4v) is 3.43. The molecule has 2 aromatic carbocycles. The predicted octanol–water partition coefficient (Wildman–Crippen LogP) is 5.02. The second kappa shape index (κ2) is 6.91. The van der Waals surface area contributed by atoms with E-state index in [1.54, 1.807) is 30.3 Å². The lowest BCUT2D eigenvalue weighted by molar-refractivity contribution is 0.102. The van der Waals surface area contributed by atoms with Crippen LogP contribution < -0.4 is 10.9 Å². The van der Waals surface area contributed by atoms with Crippen LogP contribution in [0.25, 0.3) is 10.9 Å². The number of para-hydroxylation sites is 1. The zero-order chi connectivity index (χ0) is 19.9. The predicted molar refractivity (Wildman–Crippen MR) is 109 cm³/mol. The third kappa shape index (κ3) is 3.53. The van der Waals surface area contributed by atoms with Crippen molar-refractivity contribution in [2.45, 2.75) is 26.3 Å². The summed E-state index contributed by atoms with van der Waals surface area (Å²) >= 11 is 12.0. The largest absolute Gasteiger partial charge is 0.506 e. The summed E-state index contributed by atoms with van der Waals surface area (Å²) < 4.78 is 1.50. The Kier molecular flexibility index (Phi) is 4.93. The zero-order valence-electron chi connectivity index (χ0n) is 15.0. The number of carbonyl (C=O) groups is 1. The molecule has 0 bridgehead atoms. The van der Waals surface area contributed by atoms with Crippen molar-refractivity contribution in [2.24, 2.45) is 0 Å². The molecule has 0 aliphatic heterocycles. The summed E-state index contributed by atoms with van der Waals surface area (Å²) in [6, 6.07) is 11.5. The summed E-state index contributed by atoms with van der Waals surface area (Å²) in [5, 5.41) is 14.3. The maximum atomic E-state index is 13.1. The van der Waals surface area contributed by atoms with Crippen molar-refractivity contribution in [3.8, 4) is 5.75 Å². The quantitative estimate of drug-likeness (QED) is 0.629. The van der Waals surface area contributed by atoms with Gasteiger partial charge >= 0.3 is 0 Å². The number of carbonyl (C=O) groups excluding carboxylic acids is 1. The Balaban J connectivity index is 2.22. The minimum absolute atomic E-state index is 0.229. The van der Waals surface area contributed by atoms with Crippen LogP contribution in [0, 0.1) is 0 Å². The molecule has 27 heavy (non-hydrogen) atoms. The van der Waals surface area contributed by atoms with E-state index in [-0.39, 0.29) is 16.3 Å². The molecule has 0 spiro atoms. The van der Waals surface area contributed by atoms with E-state index >= 15 is 0 Å². The molecule has 1 amide bonds. The average Bonchev–Trinajstić information content (AvgIpc) is 2.56. The van der Waals surface area contributed by atoms with Gasteiger partial charge in [0.15, 0.2) is 0 Å². The van der Waals surface area contributed by atoms with Crippen molar-refractivity contribution in [3.63, 3.8) is 0 Å². The van der Waals surface area contributed by atoms with Crippen molar-refractivity contribution in [1.82, 2.24) is 4.57 Å². The smallest absolute Gasteiger partial charge is 0.268 e. The molecule has 7 heteroatoms. The Morgan fingerprint density at radius 1 is 1.11 bits per heavy atom. The number of benzene rings is 2. The van der Waals surface area contributed by atoms with E-state index in [0.29, 0.717) is 21.6 Å². The molecule has 0 aliphatic carbocycles. The first-order valence-corrected chi connectivity index (χ1v) is 9.00. The van der Waals surface area contributed by atoms with Gasteiger partial charge in [0.05, 0.1) is 16.2 Å². The van der Waals surface area contributed by atoms with Crippen molar-refractivity contribution in [2.75, 3.05) is 5.32 Å². The van der Waals surface area contributed by atoms with Crippen LogP contribution >= 0.6 is 23.2 Å². The van der Waals surface area contributed by atoms with Gasteiger partial charge in [-0.05, 0) is 51.1 Å². The van der Waals surface area contributed by atoms with Crippen LogP contribution in [-0.4, -0.2) is 15.6 Å². The summed E-state index contributed by atoms with van der Waals surface area (Å²) in [6.07, 6.45) is 0. The second-order valence-electron chi connectivity index (χ2n) is 7.13. The molecule has 3 rings (SSSR count). The molecule has 0 radical (unpaired) electrons. The fourth-order valence-electron chi connectivity index (χ4n) is 2.97. The number of aromatic nitrogens is 1. The van der Waals surface area contributed by atoms with Gasteiger partial charge in [-0.25, -0.2) is 0 Å². The van der Waals surface area contributed by atoms with E-state index in [4.69, 9.17) is 23.2 Å². The number of hydrogen-bond donors (Lipinski definition) is 2. The van der Waals surface area contributed by atoms with Crippen molar-refractivity contribution >= 4 is 45.7 Å². The van der Waals surface area contributed by atoms with Gasteiger partial charge in [-0.15, -0.1) is 0 Å². The number of hydrogen-bond acceptors (Lipinski definition) is 3. The number of amides is 1. The minimum atomic E-state index is -0.745. The molecule has 0 saturated heterocycles. The van der Waals surface area contributed by atoms with E-state index in [0.717, 1.165) is 0 Å². The van der Waals surface area contributed by atoms with Crippen LogP contribution in [0.1, 0.15) is 31.1 Å². The van der Waals surface area contributed by atoms with E-state index < -0.39 is 17.0 Å². The number of nitrogens with one attached hydrogen (secondary N) is 1. The Bertz CT molecular complexity index is 1110. The van der Waals surface area contributed by atoms with Crippen LogP contribution in [0.4, 0.5) is 5.69 Å². The molecule has 0 saturated carbocycles. The number of aromatic hydroxyl groups is 1. The molecule has 1 heterocycles. The summed E-state index contributed by atoms with van der Waals surface area (Å²) in [5.74, 6) is -1.11. The van der Waals surface area contributed by atoms with Crippen LogP contribution in [0.2, 0.25) is 10.0 Å². The molecule has 0 fully saturated rings. The van der Waals surface area contributed by atoms with E-state index in [9.17, 15) is 14.7 Å². The summed E-state index contributed by atoms with van der Waals surface area (Å²) in [4.78, 5) is 25.9. The second-order valence-corrected chi connectivity index (χ2v) is 7.97. The van der Waals surface area contributed by atoms with Gasteiger partial charge in [0, 0.05) is 15.9 Å². The fraction of sp³-hybridized carbons (Fsp3) is 0.200. The van der Waals surface area contributed by atoms with Crippen LogP contribution in [0.3, 0.4) is 0 Å². The molecule has 5 nitrogen and oxygen atoms in total. The molecule has 2 N–H and O–H groups in total. The molecule has 1 aromatic heterocycles. The first-order valence-electron chi connectivity index (χ1n) is 8.25. The minimum Gasteiger partial charge on any atom is -0.506 e. The van der Waals surface area contributed by atoms with Crippen molar-refractivity contribution in [1.29, 1.82) is 0 Å². The topological polar surface area (TPSA) is 71.3 Å².